The zero-order valence-corrected chi connectivity index (χ0v) is 19.0. The van der Waals surface area contributed by atoms with E-state index in [2.05, 4.69) is 29.1 Å². The first-order chi connectivity index (χ1) is 13.9. The van der Waals surface area contributed by atoms with Crippen LogP contribution in [0.25, 0.3) is 11.4 Å². The number of benzene rings is 1. The number of H-pyrrole nitrogens is 1. The summed E-state index contributed by atoms with van der Waals surface area (Å²) in [6.45, 7) is 8.33. The van der Waals surface area contributed by atoms with Gasteiger partial charge in [-0.15, -0.1) is 0 Å². The number of hydrogen-bond acceptors (Lipinski definition) is 3. The van der Waals surface area contributed by atoms with E-state index in [0.717, 1.165) is 23.1 Å². The van der Waals surface area contributed by atoms with Gasteiger partial charge < -0.3 is 10.3 Å². The molecule has 0 fully saturated rings. The van der Waals surface area contributed by atoms with Crippen LogP contribution in [0.5, 0.6) is 0 Å². The molecule has 0 spiro atoms. The van der Waals surface area contributed by atoms with Gasteiger partial charge in [0.15, 0.2) is 0 Å². The van der Waals surface area contributed by atoms with Gasteiger partial charge in [-0.05, 0) is 58.0 Å². The van der Waals surface area contributed by atoms with Crippen LogP contribution < -0.4 is 5.32 Å². The molecule has 29 heavy (non-hydrogen) atoms. The van der Waals surface area contributed by atoms with Crippen LogP contribution in [-0.4, -0.2) is 29.3 Å². The van der Waals surface area contributed by atoms with Crippen LogP contribution in [0, 0.1) is 13.8 Å². The summed E-state index contributed by atoms with van der Waals surface area (Å²) in [5.74, 6) is 0.665. The number of aryl methyl sites for hydroxylation is 2. The van der Waals surface area contributed by atoms with Crippen molar-refractivity contribution in [1.29, 1.82) is 0 Å². The lowest BCUT2D eigenvalue weighted by Crippen LogP contribution is -2.20. The maximum Gasteiger partial charge on any atom is 0.150 e. The number of nitrogens with zero attached hydrogens (tertiary/aromatic N) is 1. The monoisotopic (exact) mass is 415 g/mol. The molecule has 158 valence electrons. The molecule has 1 aromatic carbocycles. The Morgan fingerprint density at radius 2 is 1.97 bits per heavy atom. The molecule has 0 saturated heterocycles. The first-order valence-corrected chi connectivity index (χ1v) is 10.6. The smallest absolute Gasteiger partial charge is 0.150 e. The minimum atomic E-state index is 0.582. The maximum absolute atomic E-state index is 10.9. The van der Waals surface area contributed by atoms with E-state index in [1.165, 1.54) is 25.7 Å². The largest absolute Gasteiger partial charge is 0.344 e. The van der Waals surface area contributed by atoms with Crippen molar-refractivity contribution in [3.63, 3.8) is 0 Å². The van der Waals surface area contributed by atoms with Crippen LogP contribution in [0.4, 0.5) is 0 Å². The molecule has 0 aliphatic rings. The molecule has 2 rings (SSSR count). The van der Waals surface area contributed by atoms with Crippen LogP contribution in [0.3, 0.4) is 0 Å². The minimum Gasteiger partial charge on any atom is -0.344 e. The summed E-state index contributed by atoms with van der Waals surface area (Å²) < 4.78 is 0. The predicted molar refractivity (Wildman–Crippen MR) is 124 cm³/mol. The van der Waals surface area contributed by atoms with E-state index in [0.29, 0.717) is 22.5 Å². The van der Waals surface area contributed by atoms with Crippen LogP contribution in [0.1, 0.15) is 61.1 Å². The number of halogens is 1. The molecule has 0 saturated carbocycles. The number of rotatable bonds is 7. The molecule has 1 aromatic heterocycles. The first kappa shape index (κ1) is 24.9. The van der Waals surface area contributed by atoms with E-state index >= 15 is 0 Å². The van der Waals surface area contributed by atoms with Crippen molar-refractivity contribution in [2.45, 2.75) is 59.4 Å². The summed E-state index contributed by atoms with van der Waals surface area (Å²) in [6, 6.07) is 11.6. The number of carbonyl (C=O) groups excluding carboxylic acids is 1. The van der Waals surface area contributed by atoms with E-state index in [1.807, 2.05) is 39.1 Å². The summed E-state index contributed by atoms with van der Waals surface area (Å²) in [5, 5.41) is 3.86. The van der Waals surface area contributed by atoms with E-state index < -0.39 is 0 Å². The topological polar surface area (TPSA) is 57.8 Å². The summed E-state index contributed by atoms with van der Waals surface area (Å²) in [7, 11) is 2.02. The van der Waals surface area contributed by atoms with Crippen LogP contribution >= 0.6 is 11.6 Å². The van der Waals surface area contributed by atoms with Gasteiger partial charge in [-0.2, -0.15) is 0 Å². The van der Waals surface area contributed by atoms with E-state index in [9.17, 15) is 4.79 Å². The van der Waals surface area contributed by atoms with Gasteiger partial charge >= 0.3 is 0 Å². The van der Waals surface area contributed by atoms with Crippen molar-refractivity contribution in [3.05, 3.63) is 64.4 Å². The van der Waals surface area contributed by atoms with Crippen molar-refractivity contribution in [2.24, 2.45) is 0 Å². The molecule has 1 heterocycles. The van der Waals surface area contributed by atoms with Gasteiger partial charge in [-0.1, -0.05) is 56.0 Å². The highest BCUT2D eigenvalue weighted by atomic mass is 35.5. The van der Waals surface area contributed by atoms with Gasteiger partial charge in [0.1, 0.15) is 12.1 Å². The molecule has 2 N–H and O–H groups in total. The highest BCUT2D eigenvalue weighted by Crippen LogP contribution is 2.27. The molecule has 0 radical (unpaired) electrons. The standard InChI is InChI=1S/C16H15ClN2O.C8H19N/c1-11-5-3-7-14(17)15(11)16-18-8-4-6-13(10-20)9-12(2)19-16;1-4-5-6-7-8(2)9-3/h3-10H,1-2H3,(H,18,19);8-9H,4-7H2,1-3H3. The molecular formula is C24H34ClN3O. The quantitative estimate of drug-likeness (QED) is 0.403. The SMILES string of the molecule is CCCCCC(C)NC.Cc1cc(C=O)cccnc(-c2c(C)cccc2Cl)[nH]1. The average Bonchev–Trinajstić information content (AvgIpc) is 2.78. The Bertz CT molecular complexity index is 795. The average molecular weight is 416 g/mol. The number of nitrogens with one attached hydrogen (secondary N) is 2. The maximum atomic E-state index is 10.9. The van der Waals surface area contributed by atoms with Crippen molar-refractivity contribution in [3.8, 4) is 11.4 Å². The summed E-state index contributed by atoms with van der Waals surface area (Å²) in [6.07, 6.45) is 7.85. The van der Waals surface area contributed by atoms with E-state index in [-0.39, 0.29) is 0 Å². The summed E-state index contributed by atoms with van der Waals surface area (Å²) in [5.41, 5.74) is 3.30. The number of unbranched alkanes of at least 4 members (excludes halogenated alkanes) is 2. The Morgan fingerprint density at radius 1 is 1.21 bits per heavy atom. The normalized spacial score (nSPS) is 11.1. The number of aromatic amines is 1. The van der Waals surface area contributed by atoms with Gasteiger partial charge in [0.25, 0.3) is 0 Å². The summed E-state index contributed by atoms with van der Waals surface area (Å²) in [4.78, 5) is 18.5. The van der Waals surface area contributed by atoms with E-state index in [1.54, 1.807) is 24.4 Å². The zero-order valence-electron chi connectivity index (χ0n) is 18.3. The van der Waals surface area contributed by atoms with Gasteiger partial charge in [0.2, 0.25) is 0 Å². The molecule has 0 aliphatic carbocycles. The Kier molecular flexibility index (Phi) is 11.9. The minimum absolute atomic E-state index is 0.582. The Morgan fingerprint density at radius 3 is 2.59 bits per heavy atom. The molecule has 2 aromatic rings. The molecule has 0 bridgehead atoms. The second-order valence-corrected chi connectivity index (χ2v) is 7.58. The van der Waals surface area contributed by atoms with Crippen molar-refractivity contribution >= 4 is 17.9 Å². The Labute approximate surface area is 180 Å². The van der Waals surface area contributed by atoms with Crippen molar-refractivity contribution in [1.82, 2.24) is 15.3 Å². The van der Waals surface area contributed by atoms with Crippen LogP contribution in [-0.2, 0) is 0 Å². The fourth-order valence-electron chi connectivity index (χ4n) is 2.80. The second kappa shape index (κ2) is 13.9. The lowest BCUT2D eigenvalue weighted by atomic mass is 10.1. The van der Waals surface area contributed by atoms with Crippen molar-refractivity contribution < 1.29 is 4.79 Å². The number of hydrogen-bond donors (Lipinski definition) is 2. The Balaban J connectivity index is 0.000000396. The summed E-state index contributed by atoms with van der Waals surface area (Å²) >= 11 is 6.27. The zero-order chi connectivity index (χ0) is 21.6. The van der Waals surface area contributed by atoms with Gasteiger partial charge in [0.05, 0.1) is 5.02 Å². The molecule has 1 atom stereocenters. The Hall–Kier alpha value is -2.17. The lowest BCUT2D eigenvalue weighted by molar-refractivity contribution is 0.112. The van der Waals surface area contributed by atoms with Gasteiger partial charge in [-0.3, -0.25) is 4.79 Å². The number of aldehydes is 1. The third kappa shape index (κ3) is 9.25. The molecular weight excluding hydrogens is 382 g/mol. The third-order valence-corrected chi connectivity index (χ3v) is 4.92. The van der Waals surface area contributed by atoms with Crippen molar-refractivity contribution in [2.75, 3.05) is 7.05 Å². The highest BCUT2D eigenvalue weighted by molar-refractivity contribution is 6.33. The fourth-order valence-corrected chi connectivity index (χ4v) is 3.11. The van der Waals surface area contributed by atoms with Gasteiger partial charge in [0, 0.05) is 29.1 Å². The second-order valence-electron chi connectivity index (χ2n) is 7.17. The van der Waals surface area contributed by atoms with Crippen LogP contribution in [0.15, 0.2) is 42.6 Å². The van der Waals surface area contributed by atoms with Crippen LogP contribution in [0.2, 0.25) is 5.02 Å². The highest BCUT2D eigenvalue weighted by Gasteiger charge is 2.07. The molecule has 4 nitrogen and oxygen atoms in total. The molecule has 0 amide bonds. The van der Waals surface area contributed by atoms with Gasteiger partial charge in [-0.25, -0.2) is 4.98 Å². The lowest BCUT2D eigenvalue weighted by Gasteiger charge is -2.07. The molecule has 0 aliphatic heterocycles. The number of carbonyl (C=O) groups is 1. The fraction of sp³-hybridized carbons (Fsp3) is 0.417. The molecule has 1 unspecified atom stereocenters. The molecule has 5 heteroatoms. The number of aromatic nitrogens is 2. The first-order valence-electron chi connectivity index (χ1n) is 10.2. The third-order valence-electron chi connectivity index (χ3n) is 4.61. The van der Waals surface area contributed by atoms with E-state index in [4.69, 9.17) is 11.6 Å². The predicted octanol–water partition coefficient (Wildman–Crippen LogP) is 6.46.